The molecule has 0 unspecified atom stereocenters. The van der Waals surface area contributed by atoms with Gasteiger partial charge in [-0.15, -0.1) is 0 Å². The Kier molecular flexibility index (Phi) is 5.01. The number of benzene rings is 1. The van der Waals surface area contributed by atoms with Gasteiger partial charge in [0.05, 0.1) is 35.8 Å². The van der Waals surface area contributed by atoms with Crippen LogP contribution in [-0.4, -0.2) is 64.1 Å². The smallest absolute Gasteiger partial charge is 0.269 e. The van der Waals surface area contributed by atoms with Crippen LogP contribution in [0.2, 0.25) is 0 Å². The molecule has 0 atom stereocenters. The molecule has 2 aromatic heterocycles. The minimum atomic E-state index is -0.404. The lowest BCUT2D eigenvalue weighted by Gasteiger charge is -2.28. The van der Waals surface area contributed by atoms with Crippen LogP contribution in [0.25, 0.3) is 22.4 Å². The van der Waals surface area contributed by atoms with E-state index in [4.69, 9.17) is 14.7 Å². The summed E-state index contributed by atoms with van der Waals surface area (Å²) in [4.78, 5) is 22.5. The number of anilines is 1. The largest absolute Gasteiger partial charge is 0.378 e. The predicted molar refractivity (Wildman–Crippen MR) is 112 cm³/mol. The van der Waals surface area contributed by atoms with Crippen molar-refractivity contribution in [2.24, 2.45) is 0 Å². The minimum Gasteiger partial charge on any atom is -0.378 e. The van der Waals surface area contributed by atoms with Crippen LogP contribution in [0, 0.1) is 10.1 Å². The number of ether oxygens (including phenoxy) is 1. The highest BCUT2D eigenvalue weighted by atomic mass is 16.6. The summed E-state index contributed by atoms with van der Waals surface area (Å²) in [5.41, 5.74) is 1.61. The molecule has 10 nitrogen and oxygen atoms in total. The molecule has 30 heavy (non-hydrogen) atoms. The second kappa shape index (κ2) is 7.96. The number of rotatable bonds is 4. The zero-order valence-corrected chi connectivity index (χ0v) is 16.5. The van der Waals surface area contributed by atoms with Crippen LogP contribution in [0.4, 0.5) is 11.5 Å². The normalized spacial score (nSPS) is 18.1. The predicted octanol–water partition coefficient (Wildman–Crippen LogP) is 2.16. The Balaban J connectivity index is 1.63. The Morgan fingerprint density at radius 1 is 1.10 bits per heavy atom. The maximum atomic E-state index is 11.0. The number of nitro groups is 1. The van der Waals surface area contributed by atoms with E-state index in [2.05, 4.69) is 15.3 Å². The first-order valence-corrected chi connectivity index (χ1v) is 10.2. The standard InChI is InChI=1S/C20H23N7O3/c28-27(29)16-3-1-14(2-4-16)18-23-19(25-9-11-30-12-10-25)17-13-22-26(20(17)24-18)15-5-7-21-8-6-15/h1-4,13,15,21H,5-12H2. The molecule has 2 aliphatic rings. The lowest BCUT2D eigenvalue weighted by molar-refractivity contribution is -0.384. The summed E-state index contributed by atoms with van der Waals surface area (Å²) in [6.45, 7) is 4.74. The number of non-ortho nitro benzene ring substituents is 1. The second-order valence-corrected chi connectivity index (χ2v) is 7.58. The van der Waals surface area contributed by atoms with Crippen LogP contribution in [0.3, 0.4) is 0 Å². The molecule has 10 heteroatoms. The van der Waals surface area contributed by atoms with Crippen molar-refractivity contribution in [3.05, 3.63) is 40.6 Å². The van der Waals surface area contributed by atoms with Gasteiger partial charge < -0.3 is 15.0 Å². The summed E-state index contributed by atoms with van der Waals surface area (Å²) in [5, 5.41) is 20.0. The number of hydrogen-bond acceptors (Lipinski definition) is 8. The maximum Gasteiger partial charge on any atom is 0.269 e. The molecule has 1 N–H and O–H groups in total. The van der Waals surface area contributed by atoms with Gasteiger partial charge >= 0.3 is 0 Å². The third-order valence-corrected chi connectivity index (χ3v) is 5.74. The van der Waals surface area contributed by atoms with E-state index in [1.165, 1.54) is 12.1 Å². The third-order valence-electron chi connectivity index (χ3n) is 5.74. The first-order valence-electron chi connectivity index (χ1n) is 10.2. The summed E-state index contributed by atoms with van der Waals surface area (Å²) in [7, 11) is 0. The molecular weight excluding hydrogens is 386 g/mol. The third kappa shape index (κ3) is 3.48. The molecule has 2 aliphatic heterocycles. The molecule has 5 rings (SSSR count). The van der Waals surface area contributed by atoms with Crippen LogP contribution in [-0.2, 0) is 4.74 Å². The Morgan fingerprint density at radius 3 is 2.53 bits per heavy atom. The van der Waals surface area contributed by atoms with Crippen molar-refractivity contribution in [3.8, 4) is 11.4 Å². The van der Waals surface area contributed by atoms with Gasteiger partial charge in [-0.25, -0.2) is 14.6 Å². The van der Waals surface area contributed by atoms with Gasteiger partial charge in [0.15, 0.2) is 11.5 Å². The number of morpholine rings is 1. The summed E-state index contributed by atoms with van der Waals surface area (Å²) in [6.07, 6.45) is 3.86. The summed E-state index contributed by atoms with van der Waals surface area (Å²) >= 11 is 0. The number of nitro benzene ring substituents is 1. The molecule has 0 bridgehead atoms. The average Bonchev–Trinajstić information content (AvgIpc) is 3.24. The lowest BCUT2D eigenvalue weighted by atomic mass is 10.1. The van der Waals surface area contributed by atoms with Crippen molar-refractivity contribution in [1.82, 2.24) is 25.1 Å². The topological polar surface area (TPSA) is 111 Å². The van der Waals surface area contributed by atoms with Crippen molar-refractivity contribution in [1.29, 1.82) is 0 Å². The van der Waals surface area contributed by atoms with Gasteiger partial charge in [0.25, 0.3) is 5.69 Å². The first kappa shape index (κ1) is 18.9. The van der Waals surface area contributed by atoms with E-state index < -0.39 is 4.92 Å². The highest BCUT2D eigenvalue weighted by Gasteiger charge is 2.24. The number of nitrogens with zero attached hydrogens (tertiary/aromatic N) is 6. The molecule has 0 aliphatic carbocycles. The summed E-state index contributed by atoms with van der Waals surface area (Å²) in [6, 6.07) is 6.67. The molecule has 2 saturated heterocycles. The zero-order chi connectivity index (χ0) is 20.5. The molecule has 0 saturated carbocycles. The molecule has 0 spiro atoms. The fourth-order valence-corrected chi connectivity index (χ4v) is 4.11. The van der Waals surface area contributed by atoms with Crippen LogP contribution in [0.15, 0.2) is 30.5 Å². The Hall–Kier alpha value is -3.11. The highest BCUT2D eigenvalue weighted by molar-refractivity contribution is 5.89. The maximum absolute atomic E-state index is 11.0. The van der Waals surface area contributed by atoms with Crippen LogP contribution < -0.4 is 10.2 Å². The zero-order valence-electron chi connectivity index (χ0n) is 16.5. The molecular formula is C20H23N7O3. The van der Waals surface area contributed by atoms with Crippen molar-refractivity contribution in [2.75, 3.05) is 44.3 Å². The summed E-state index contributed by atoms with van der Waals surface area (Å²) < 4.78 is 7.53. The van der Waals surface area contributed by atoms with E-state index >= 15 is 0 Å². The number of nitrogens with one attached hydrogen (secondary N) is 1. The lowest BCUT2D eigenvalue weighted by Crippen LogP contribution is -2.37. The van der Waals surface area contributed by atoms with Crippen molar-refractivity contribution >= 4 is 22.5 Å². The van der Waals surface area contributed by atoms with Crippen LogP contribution >= 0.6 is 0 Å². The summed E-state index contributed by atoms with van der Waals surface area (Å²) in [5.74, 6) is 1.39. The van der Waals surface area contributed by atoms with E-state index in [0.29, 0.717) is 25.1 Å². The number of piperidine rings is 1. The molecule has 156 valence electrons. The minimum absolute atomic E-state index is 0.0491. The van der Waals surface area contributed by atoms with Gasteiger partial charge in [-0.1, -0.05) is 0 Å². The molecule has 1 aromatic carbocycles. The first-order chi connectivity index (χ1) is 14.7. The molecule has 0 amide bonds. The number of hydrogen-bond donors (Lipinski definition) is 1. The van der Waals surface area contributed by atoms with Gasteiger partial charge in [-0.3, -0.25) is 10.1 Å². The Bertz CT molecular complexity index is 1050. The van der Waals surface area contributed by atoms with Gasteiger partial charge in [-0.2, -0.15) is 5.10 Å². The molecule has 2 fully saturated rings. The highest BCUT2D eigenvalue weighted by Crippen LogP contribution is 2.31. The quantitative estimate of drug-likeness (QED) is 0.515. The number of fused-ring (bicyclic) bond motifs is 1. The Morgan fingerprint density at radius 2 is 1.83 bits per heavy atom. The molecule has 4 heterocycles. The monoisotopic (exact) mass is 409 g/mol. The fourth-order valence-electron chi connectivity index (χ4n) is 4.11. The van der Waals surface area contributed by atoms with E-state index in [0.717, 1.165) is 61.4 Å². The van der Waals surface area contributed by atoms with E-state index in [-0.39, 0.29) is 5.69 Å². The SMILES string of the molecule is O=[N+]([O-])c1ccc(-c2nc(N3CCOCC3)c3cnn(C4CCNCC4)c3n2)cc1. The van der Waals surface area contributed by atoms with Gasteiger partial charge in [0.2, 0.25) is 0 Å². The van der Waals surface area contributed by atoms with E-state index in [1.54, 1.807) is 12.1 Å². The second-order valence-electron chi connectivity index (χ2n) is 7.58. The van der Waals surface area contributed by atoms with Crippen molar-refractivity contribution < 1.29 is 9.66 Å². The van der Waals surface area contributed by atoms with Crippen molar-refractivity contribution in [3.63, 3.8) is 0 Å². The van der Waals surface area contributed by atoms with Crippen molar-refractivity contribution in [2.45, 2.75) is 18.9 Å². The van der Waals surface area contributed by atoms with Gasteiger partial charge in [0, 0.05) is 30.8 Å². The number of aromatic nitrogens is 4. The van der Waals surface area contributed by atoms with Gasteiger partial charge in [0.1, 0.15) is 5.82 Å². The Labute approximate surface area is 173 Å². The fraction of sp³-hybridized carbons (Fsp3) is 0.450. The van der Waals surface area contributed by atoms with Gasteiger partial charge in [-0.05, 0) is 38.1 Å². The van der Waals surface area contributed by atoms with E-state index in [9.17, 15) is 10.1 Å². The molecule has 3 aromatic rings. The van der Waals surface area contributed by atoms with Crippen LogP contribution in [0.1, 0.15) is 18.9 Å². The molecule has 0 radical (unpaired) electrons. The van der Waals surface area contributed by atoms with Crippen LogP contribution in [0.5, 0.6) is 0 Å². The van der Waals surface area contributed by atoms with E-state index in [1.807, 2.05) is 10.9 Å². The average molecular weight is 409 g/mol.